The topological polar surface area (TPSA) is 63.7 Å². The molecule has 6 heteroatoms. The monoisotopic (exact) mass is 465 g/mol. The van der Waals surface area contributed by atoms with Crippen LogP contribution in [0, 0.1) is 0 Å². The third kappa shape index (κ3) is 4.68. The van der Waals surface area contributed by atoms with Crippen molar-refractivity contribution in [1.82, 2.24) is 4.98 Å². The van der Waals surface area contributed by atoms with Gasteiger partial charge in [-0.25, -0.2) is 4.98 Å². The maximum Gasteiger partial charge on any atom is 0.248 e. The lowest BCUT2D eigenvalue weighted by atomic mass is 10.1. The number of methoxy groups -OCH3 is 2. The number of carbonyl (C=O) groups excluding carboxylic acids is 1. The van der Waals surface area contributed by atoms with Crippen molar-refractivity contribution in [2.24, 2.45) is 0 Å². The lowest BCUT2D eigenvalue weighted by Gasteiger charge is -2.20. The molecule has 0 atom stereocenters. The molecule has 176 valence electrons. The molecule has 2 heterocycles. The van der Waals surface area contributed by atoms with Crippen LogP contribution in [0.15, 0.2) is 78.9 Å². The zero-order chi connectivity index (χ0) is 24.2. The number of para-hydroxylation sites is 1. The molecule has 0 saturated carbocycles. The predicted molar refractivity (Wildman–Crippen MR) is 140 cm³/mol. The fourth-order valence-electron chi connectivity index (χ4n) is 4.48. The maximum absolute atomic E-state index is 13.0. The number of amides is 1. The molecule has 1 amide bonds. The summed E-state index contributed by atoms with van der Waals surface area (Å²) in [5.74, 6) is 2.01. The van der Waals surface area contributed by atoms with Crippen molar-refractivity contribution in [3.05, 3.63) is 95.6 Å². The van der Waals surface area contributed by atoms with Gasteiger partial charge in [-0.05, 0) is 41.8 Å². The van der Waals surface area contributed by atoms with Crippen LogP contribution in [-0.2, 0) is 17.8 Å². The first-order valence-electron chi connectivity index (χ1n) is 11.6. The molecule has 0 saturated heterocycles. The first-order valence-corrected chi connectivity index (χ1v) is 11.6. The number of carbonyl (C=O) groups is 1. The second-order valence-corrected chi connectivity index (χ2v) is 8.40. The third-order valence-electron chi connectivity index (χ3n) is 6.20. The van der Waals surface area contributed by atoms with Crippen molar-refractivity contribution in [2.75, 3.05) is 31.0 Å². The van der Waals surface area contributed by atoms with Gasteiger partial charge in [-0.3, -0.25) is 4.79 Å². The summed E-state index contributed by atoms with van der Waals surface area (Å²) in [6.45, 7) is 1.64. The Kier molecular flexibility index (Phi) is 6.35. The van der Waals surface area contributed by atoms with Gasteiger partial charge in [-0.1, -0.05) is 54.6 Å². The molecule has 1 aliphatic rings. The van der Waals surface area contributed by atoms with Crippen molar-refractivity contribution in [3.8, 4) is 11.5 Å². The molecular weight excluding hydrogens is 438 g/mol. The summed E-state index contributed by atoms with van der Waals surface area (Å²) in [4.78, 5) is 20.2. The van der Waals surface area contributed by atoms with E-state index in [-0.39, 0.29) is 5.91 Å². The van der Waals surface area contributed by atoms with Crippen LogP contribution in [0.3, 0.4) is 0 Å². The summed E-state index contributed by atoms with van der Waals surface area (Å²) in [7, 11) is 3.19. The molecule has 1 aromatic heterocycles. The normalized spacial score (nSPS) is 12.7. The Morgan fingerprint density at radius 2 is 1.77 bits per heavy atom. The standard InChI is InChI=1S/C29H27N3O3/c1-34-25-14-12-20(18-26(25)35-2)13-15-27(33)31-28-22-10-6-7-11-24(22)30-29-23(28)16-17-32(29)19-21-8-4-3-5-9-21/h3-15,18H,16-17,19H2,1-2H3,(H,30,31,33)/b15-13+. The average Bonchev–Trinajstić information content (AvgIpc) is 3.29. The quantitative estimate of drug-likeness (QED) is 0.367. The molecule has 1 N–H and O–H groups in total. The number of pyridine rings is 1. The van der Waals surface area contributed by atoms with Gasteiger partial charge in [0.25, 0.3) is 0 Å². The van der Waals surface area contributed by atoms with E-state index in [1.54, 1.807) is 26.4 Å². The van der Waals surface area contributed by atoms with Crippen molar-refractivity contribution in [1.29, 1.82) is 0 Å². The van der Waals surface area contributed by atoms with Crippen molar-refractivity contribution >= 4 is 34.4 Å². The number of fused-ring (bicyclic) bond motifs is 2. The van der Waals surface area contributed by atoms with Crippen LogP contribution in [0.2, 0.25) is 0 Å². The van der Waals surface area contributed by atoms with Gasteiger partial charge in [0.05, 0.1) is 25.4 Å². The summed E-state index contributed by atoms with van der Waals surface area (Å²) < 4.78 is 10.6. The fraction of sp³-hybridized carbons (Fsp3) is 0.172. The van der Waals surface area contributed by atoms with E-state index in [0.29, 0.717) is 11.5 Å². The maximum atomic E-state index is 13.0. The molecule has 4 aromatic rings. The van der Waals surface area contributed by atoms with E-state index in [1.807, 2.05) is 48.5 Å². The zero-order valence-corrected chi connectivity index (χ0v) is 19.8. The van der Waals surface area contributed by atoms with Gasteiger partial charge in [0.15, 0.2) is 11.5 Å². The van der Waals surface area contributed by atoms with Crippen LogP contribution in [0.4, 0.5) is 11.5 Å². The van der Waals surface area contributed by atoms with Gasteiger partial charge in [-0.2, -0.15) is 0 Å². The van der Waals surface area contributed by atoms with Gasteiger partial charge >= 0.3 is 0 Å². The minimum Gasteiger partial charge on any atom is -0.493 e. The van der Waals surface area contributed by atoms with Gasteiger partial charge in [0.2, 0.25) is 5.91 Å². The number of benzene rings is 3. The summed E-state index contributed by atoms with van der Waals surface area (Å²) in [5, 5.41) is 4.09. The molecule has 0 fully saturated rings. The highest BCUT2D eigenvalue weighted by Crippen LogP contribution is 2.38. The average molecular weight is 466 g/mol. The highest BCUT2D eigenvalue weighted by Gasteiger charge is 2.26. The zero-order valence-electron chi connectivity index (χ0n) is 19.8. The molecule has 0 aliphatic carbocycles. The Hall–Kier alpha value is -4.32. The number of rotatable bonds is 7. The van der Waals surface area contributed by atoms with Crippen LogP contribution in [0.5, 0.6) is 11.5 Å². The second kappa shape index (κ2) is 9.89. The van der Waals surface area contributed by atoms with Crippen molar-refractivity contribution in [3.63, 3.8) is 0 Å². The van der Waals surface area contributed by atoms with E-state index in [0.717, 1.165) is 53.0 Å². The number of nitrogens with zero attached hydrogens (tertiary/aromatic N) is 2. The number of anilines is 2. The summed E-state index contributed by atoms with van der Waals surface area (Å²) in [6, 6.07) is 23.9. The van der Waals surface area contributed by atoms with Crippen LogP contribution in [0.25, 0.3) is 17.0 Å². The fourth-order valence-corrected chi connectivity index (χ4v) is 4.48. The number of nitrogens with one attached hydrogen (secondary N) is 1. The smallest absolute Gasteiger partial charge is 0.248 e. The third-order valence-corrected chi connectivity index (χ3v) is 6.20. The predicted octanol–water partition coefficient (Wildman–Crippen LogP) is 5.47. The Morgan fingerprint density at radius 1 is 1.00 bits per heavy atom. The van der Waals surface area contributed by atoms with Crippen LogP contribution < -0.4 is 19.7 Å². The lowest BCUT2D eigenvalue weighted by molar-refractivity contribution is -0.111. The van der Waals surface area contributed by atoms with Crippen LogP contribution in [-0.4, -0.2) is 31.7 Å². The highest BCUT2D eigenvalue weighted by molar-refractivity contribution is 6.09. The molecule has 3 aromatic carbocycles. The summed E-state index contributed by atoms with van der Waals surface area (Å²) >= 11 is 0. The van der Waals surface area contributed by atoms with Crippen LogP contribution in [0.1, 0.15) is 16.7 Å². The van der Waals surface area contributed by atoms with Crippen LogP contribution >= 0.6 is 0 Å². The number of aromatic nitrogens is 1. The van der Waals surface area contributed by atoms with E-state index in [2.05, 4.69) is 34.5 Å². The second-order valence-electron chi connectivity index (χ2n) is 8.40. The van der Waals surface area contributed by atoms with E-state index in [4.69, 9.17) is 14.5 Å². The van der Waals surface area contributed by atoms with E-state index < -0.39 is 0 Å². The largest absolute Gasteiger partial charge is 0.493 e. The summed E-state index contributed by atoms with van der Waals surface area (Å²) in [6.07, 6.45) is 4.14. The molecule has 5 rings (SSSR count). The Labute approximate surface area is 204 Å². The Morgan fingerprint density at radius 3 is 2.57 bits per heavy atom. The number of hydrogen-bond acceptors (Lipinski definition) is 5. The molecule has 6 nitrogen and oxygen atoms in total. The molecule has 0 spiro atoms. The minimum absolute atomic E-state index is 0.195. The lowest BCUT2D eigenvalue weighted by Crippen LogP contribution is -2.20. The molecular formula is C29H27N3O3. The Balaban J connectivity index is 1.43. The van der Waals surface area contributed by atoms with Crippen molar-refractivity contribution in [2.45, 2.75) is 13.0 Å². The molecule has 1 aliphatic heterocycles. The molecule has 0 radical (unpaired) electrons. The van der Waals surface area contributed by atoms with E-state index in [9.17, 15) is 4.79 Å². The minimum atomic E-state index is -0.195. The first kappa shape index (κ1) is 22.5. The molecule has 35 heavy (non-hydrogen) atoms. The van der Waals surface area contributed by atoms with Gasteiger partial charge < -0.3 is 19.7 Å². The Bertz CT molecular complexity index is 1400. The van der Waals surface area contributed by atoms with E-state index >= 15 is 0 Å². The number of hydrogen-bond donors (Lipinski definition) is 1. The molecule has 0 unspecified atom stereocenters. The SMILES string of the molecule is COc1ccc(/C=C/C(=O)Nc2c3c(nc4ccccc24)N(Cc2ccccc2)CC3)cc1OC. The van der Waals surface area contributed by atoms with Gasteiger partial charge in [0.1, 0.15) is 5.82 Å². The van der Waals surface area contributed by atoms with Crippen molar-refractivity contribution < 1.29 is 14.3 Å². The first-order chi connectivity index (χ1) is 17.2. The molecule has 0 bridgehead atoms. The van der Waals surface area contributed by atoms with E-state index in [1.165, 1.54) is 5.56 Å². The van der Waals surface area contributed by atoms with Gasteiger partial charge in [0, 0.05) is 30.1 Å². The van der Waals surface area contributed by atoms with Gasteiger partial charge in [-0.15, -0.1) is 0 Å². The number of ether oxygens (including phenoxy) is 2. The highest BCUT2D eigenvalue weighted by atomic mass is 16.5. The summed E-state index contributed by atoms with van der Waals surface area (Å²) in [5.41, 5.74) is 4.86.